The summed E-state index contributed by atoms with van der Waals surface area (Å²) in [4.78, 5) is 0. The van der Waals surface area contributed by atoms with Crippen molar-refractivity contribution < 1.29 is 23.1 Å². The van der Waals surface area contributed by atoms with Crippen LogP contribution in [0.15, 0.2) is 24.3 Å². The lowest BCUT2D eigenvalue weighted by Gasteiger charge is -2.39. The maximum atomic E-state index is 7.19. The fourth-order valence-corrected chi connectivity index (χ4v) is 9.47. The molecule has 1 saturated heterocycles. The summed E-state index contributed by atoms with van der Waals surface area (Å²) >= 11 is 0. The van der Waals surface area contributed by atoms with E-state index in [0.717, 1.165) is 24.3 Å². The first-order valence-electron chi connectivity index (χ1n) is 20.6. The Bertz CT molecular complexity index is 1490. The molecule has 3 aliphatic heterocycles. The smallest absolute Gasteiger partial charge is 0.340 e. The highest BCUT2D eigenvalue weighted by Gasteiger charge is 2.76. The number of ether oxygens (including phenoxy) is 2. The van der Waals surface area contributed by atoms with Gasteiger partial charge in [-0.3, -0.25) is 0 Å². The summed E-state index contributed by atoms with van der Waals surface area (Å²) in [5.41, 5.74) is 7.75. The van der Waals surface area contributed by atoms with Crippen LogP contribution >= 0.6 is 0 Å². The second kappa shape index (κ2) is 17.2. The van der Waals surface area contributed by atoms with E-state index in [2.05, 4.69) is 87.4 Å². The Labute approximate surface area is 306 Å². The van der Waals surface area contributed by atoms with Crippen LogP contribution in [0.4, 0.5) is 0 Å². The predicted molar refractivity (Wildman–Crippen MR) is 211 cm³/mol. The normalized spacial score (nSPS) is 21.7. The van der Waals surface area contributed by atoms with Crippen LogP contribution in [0.1, 0.15) is 165 Å². The maximum absolute atomic E-state index is 7.19. The molecule has 3 atom stereocenters. The minimum atomic E-state index is -0.947. The standard InChI is InChI=1S/C44H68N3O2.CH4/c1-7-11-15-20-36-28-34(5)42-38(30-36)32-45-40-22-16-17-23-41(40)46-33-39-31-37(29-35(6)43(39)49-44(45,46)48-42)21-18-19-27-47(24-12-8-2,25-13-9-3)26-14-10-4;/h28-33,40-41H,7-27H2,1-6H3;1H4/q+3;. The topological polar surface area (TPSA) is 24.5 Å². The number of benzene rings is 2. The molecule has 1 saturated carbocycles. The monoisotopic (exact) mass is 687 g/mol. The Morgan fingerprint density at radius 2 is 1.02 bits per heavy atom. The minimum absolute atomic E-state index is 0. The second-order valence-corrected chi connectivity index (χ2v) is 16.1. The number of aryl methyl sites for hydroxylation is 4. The van der Waals surface area contributed by atoms with Crippen molar-refractivity contribution in [2.45, 2.75) is 176 Å². The summed E-state index contributed by atoms with van der Waals surface area (Å²) in [6.07, 6.45) is 26.3. The molecule has 0 aromatic heterocycles. The minimum Gasteiger partial charge on any atom is -0.340 e. The van der Waals surface area contributed by atoms with Gasteiger partial charge in [0.25, 0.3) is 0 Å². The van der Waals surface area contributed by atoms with Crippen molar-refractivity contribution in [3.8, 4) is 11.5 Å². The summed E-state index contributed by atoms with van der Waals surface area (Å²) in [5, 5.41) is 0. The summed E-state index contributed by atoms with van der Waals surface area (Å²) < 4.78 is 20.6. The third kappa shape index (κ3) is 7.88. The van der Waals surface area contributed by atoms with E-state index >= 15 is 0 Å². The summed E-state index contributed by atoms with van der Waals surface area (Å²) in [5.74, 6) is 1.97. The molecule has 2 fully saturated rings. The molecule has 0 N–H and O–H groups in total. The third-order valence-electron chi connectivity index (χ3n) is 12.2. The highest BCUT2D eigenvalue weighted by molar-refractivity contribution is 5.84. The van der Waals surface area contributed by atoms with Crippen LogP contribution in [0.2, 0.25) is 0 Å². The van der Waals surface area contributed by atoms with Gasteiger partial charge in [-0.1, -0.05) is 88.5 Å². The molecular weight excluding hydrogens is 615 g/mol. The lowest BCUT2D eigenvalue weighted by Crippen LogP contribution is -2.60. The number of hydrogen-bond acceptors (Lipinski definition) is 2. The lowest BCUT2D eigenvalue weighted by atomic mass is 9.91. The highest BCUT2D eigenvalue weighted by atomic mass is 16.7. The third-order valence-corrected chi connectivity index (χ3v) is 12.2. The molecule has 2 aromatic rings. The van der Waals surface area contributed by atoms with Gasteiger partial charge < -0.3 is 14.0 Å². The molecular formula is C45H72N3O2+3. The molecule has 0 bridgehead atoms. The van der Waals surface area contributed by atoms with Crippen molar-refractivity contribution >= 4 is 12.4 Å². The summed E-state index contributed by atoms with van der Waals surface area (Å²) in [6.45, 7) is 19.2. The molecule has 2 aromatic carbocycles. The molecule has 3 unspecified atom stereocenters. The summed E-state index contributed by atoms with van der Waals surface area (Å²) in [6, 6.07) is 9.38. The fraction of sp³-hybridized carbons (Fsp3) is 0.689. The SMILES string of the molecule is C.CCCCCc1cc(C)c2c(c1)C=[N+]1C3CCCCC3[N+]3=Cc4cc(CCCC[N+](CCCC)(CCCC)CCCC)cc(C)c4OC13O2. The van der Waals surface area contributed by atoms with E-state index in [-0.39, 0.29) is 7.43 Å². The average Bonchev–Trinajstić information content (AvgIpc) is 3.38. The van der Waals surface area contributed by atoms with Gasteiger partial charge in [0.2, 0.25) is 12.1 Å². The van der Waals surface area contributed by atoms with Crippen LogP contribution < -0.4 is 9.47 Å². The zero-order valence-corrected chi connectivity index (χ0v) is 32.1. The Morgan fingerprint density at radius 3 is 1.46 bits per heavy atom. The fourth-order valence-electron chi connectivity index (χ4n) is 9.47. The van der Waals surface area contributed by atoms with Crippen LogP contribution in [0.25, 0.3) is 0 Å². The van der Waals surface area contributed by atoms with Crippen LogP contribution in [-0.4, -0.2) is 70.4 Å². The van der Waals surface area contributed by atoms with Crippen molar-refractivity contribution in [2.24, 2.45) is 0 Å². The van der Waals surface area contributed by atoms with E-state index in [1.54, 1.807) is 0 Å². The number of unbranched alkanes of at least 4 members (excludes halogenated alkanes) is 6. The number of fused-ring (bicyclic) bond motifs is 5. The van der Waals surface area contributed by atoms with Crippen molar-refractivity contribution in [3.05, 3.63) is 57.6 Å². The molecule has 50 heavy (non-hydrogen) atoms. The highest BCUT2D eigenvalue weighted by Crippen LogP contribution is 2.46. The van der Waals surface area contributed by atoms with Gasteiger partial charge in [0, 0.05) is 12.8 Å². The van der Waals surface area contributed by atoms with Crippen molar-refractivity contribution in [2.75, 3.05) is 26.2 Å². The zero-order valence-electron chi connectivity index (χ0n) is 32.1. The Hall–Kier alpha value is -2.66. The number of quaternary nitrogens is 1. The first-order chi connectivity index (χ1) is 23.9. The molecule has 1 spiro atoms. The molecule has 276 valence electrons. The van der Waals surface area contributed by atoms with Crippen LogP contribution in [0.3, 0.4) is 0 Å². The Balaban J connectivity index is 0.00000486. The first-order valence-corrected chi connectivity index (χ1v) is 20.6. The van der Waals surface area contributed by atoms with E-state index in [0.29, 0.717) is 12.1 Å². The van der Waals surface area contributed by atoms with Gasteiger partial charge in [-0.25, -0.2) is 0 Å². The van der Waals surface area contributed by atoms with Crippen LogP contribution in [0.5, 0.6) is 11.5 Å². The van der Waals surface area contributed by atoms with Crippen molar-refractivity contribution in [1.29, 1.82) is 0 Å². The van der Waals surface area contributed by atoms with Gasteiger partial charge in [-0.15, -0.1) is 0 Å². The van der Waals surface area contributed by atoms with E-state index in [4.69, 9.17) is 9.47 Å². The van der Waals surface area contributed by atoms with E-state index in [1.807, 2.05) is 0 Å². The van der Waals surface area contributed by atoms with Gasteiger partial charge >= 0.3 is 6.03 Å². The number of hydrogen-bond donors (Lipinski definition) is 0. The maximum Gasteiger partial charge on any atom is 0.704 e. The number of nitrogens with zero attached hydrogens (tertiary/aromatic N) is 3. The predicted octanol–water partition coefficient (Wildman–Crippen LogP) is 10.5. The quantitative estimate of drug-likeness (QED) is 0.0886. The summed E-state index contributed by atoms with van der Waals surface area (Å²) in [7, 11) is 0. The van der Waals surface area contributed by atoms with Crippen LogP contribution in [0, 0.1) is 13.8 Å². The molecule has 5 nitrogen and oxygen atoms in total. The number of rotatable bonds is 18. The molecule has 6 rings (SSSR count). The van der Waals surface area contributed by atoms with Crippen molar-refractivity contribution in [3.63, 3.8) is 0 Å². The van der Waals surface area contributed by atoms with Gasteiger partial charge in [-0.2, -0.15) is 0 Å². The van der Waals surface area contributed by atoms with Crippen LogP contribution in [-0.2, 0) is 12.8 Å². The van der Waals surface area contributed by atoms with Gasteiger partial charge in [0.15, 0.2) is 23.9 Å². The molecule has 5 heteroatoms. The van der Waals surface area contributed by atoms with E-state index in [1.165, 1.54) is 160 Å². The molecule has 3 heterocycles. The first kappa shape index (κ1) is 38.6. The largest absolute Gasteiger partial charge is 0.704 e. The average molecular weight is 687 g/mol. The second-order valence-electron chi connectivity index (χ2n) is 16.1. The molecule has 0 amide bonds. The Kier molecular flexibility index (Phi) is 13.3. The molecule has 1 aliphatic carbocycles. The van der Waals surface area contributed by atoms with Gasteiger partial charge in [0.1, 0.15) is 0 Å². The zero-order chi connectivity index (χ0) is 34.4. The van der Waals surface area contributed by atoms with Crippen molar-refractivity contribution in [1.82, 2.24) is 0 Å². The lowest BCUT2D eigenvalue weighted by molar-refractivity contribution is -0.929. The van der Waals surface area contributed by atoms with E-state index < -0.39 is 6.03 Å². The molecule has 4 aliphatic rings. The van der Waals surface area contributed by atoms with Gasteiger partial charge in [-0.05, 0) is 112 Å². The van der Waals surface area contributed by atoms with Gasteiger partial charge in [0.05, 0.1) is 37.3 Å². The Morgan fingerprint density at radius 1 is 0.600 bits per heavy atom. The van der Waals surface area contributed by atoms with E-state index in [9.17, 15) is 0 Å². The molecule has 0 radical (unpaired) electrons.